The number of phenolic OH excluding ortho intramolecular Hbond substituents is 2. The van der Waals surface area contributed by atoms with Crippen molar-refractivity contribution in [2.24, 2.45) is 5.10 Å². The first-order valence-corrected chi connectivity index (χ1v) is 8.49. The number of carbonyl (C=O) groups excluding carboxylic acids is 1. The van der Waals surface area contributed by atoms with Gasteiger partial charge in [-0.3, -0.25) is 4.79 Å². The van der Waals surface area contributed by atoms with E-state index in [1.54, 1.807) is 18.2 Å². The van der Waals surface area contributed by atoms with Gasteiger partial charge in [0.2, 0.25) is 0 Å². The smallest absolute Gasteiger partial charge is 0.277 e. The molecule has 0 aliphatic rings. The second-order valence-corrected chi connectivity index (χ2v) is 6.52. The van der Waals surface area contributed by atoms with Crippen molar-refractivity contribution in [1.29, 1.82) is 0 Å². The van der Waals surface area contributed by atoms with Crippen LogP contribution in [-0.2, 0) is 4.79 Å². The summed E-state index contributed by atoms with van der Waals surface area (Å²) in [5.74, 6) is -0.110. The number of benzene rings is 2. The van der Waals surface area contributed by atoms with Crippen molar-refractivity contribution in [2.75, 3.05) is 13.7 Å². The molecule has 0 fully saturated rings. The molecule has 0 aliphatic carbocycles. The molecule has 0 bridgehead atoms. The summed E-state index contributed by atoms with van der Waals surface area (Å²) in [6.07, 6.45) is 1.32. The lowest BCUT2D eigenvalue weighted by atomic mass is 10.2. The van der Waals surface area contributed by atoms with Crippen LogP contribution in [0.5, 0.6) is 23.0 Å². The molecular formula is C16H14Br2N2O5. The van der Waals surface area contributed by atoms with E-state index in [2.05, 4.69) is 42.4 Å². The summed E-state index contributed by atoms with van der Waals surface area (Å²) in [5.41, 5.74) is 2.78. The normalized spacial score (nSPS) is 10.7. The lowest BCUT2D eigenvalue weighted by Gasteiger charge is -2.10. The Hall–Kier alpha value is -2.26. The van der Waals surface area contributed by atoms with Crippen LogP contribution in [0.15, 0.2) is 44.4 Å². The Morgan fingerprint density at radius 1 is 1.24 bits per heavy atom. The number of rotatable bonds is 6. The topological polar surface area (TPSA) is 100 Å². The number of methoxy groups -OCH3 is 1. The zero-order valence-electron chi connectivity index (χ0n) is 13.0. The minimum atomic E-state index is -0.469. The highest BCUT2D eigenvalue weighted by Crippen LogP contribution is 2.33. The van der Waals surface area contributed by atoms with E-state index in [9.17, 15) is 15.0 Å². The molecule has 2 aromatic carbocycles. The van der Waals surface area contributed by atoms with E-state index >= 15 is 0 Å². The lowest BCUT2D eigenvalue weighted by Crippen LogP contribution is -2.24. The van der Waals surface area contributed by atoms with Crippen LogP contribution < -0.4 is 14.9 Å². The third-order valence-corrected chi connectivity index (χ3v) is 4.05. The van der Waals surface area contributed by atoms with Crippen molar-refractivity contribution in [3.63, 3.8) is 0 Å². The number of amides is 1. The van der Waals surface area contributed by atoms with Crippen LogP contribution in [-0.4, -0.2) is 36.1 Å². The van der Waals surface area contributed by atoms with Crippen LogP contribution in [0.4, 0.5) is 0 Å². The number of aromatic hydroxyl groups is 2. The average Bonchev–Trinajstić information content (AvgIpc) is 2.58. The highest BCUT2D eigenvalue weighted by Gasteiger charge is 2.08. The van der Waals surface area contributed by atoms with Crippen LogP contribution in [0.1, 0.15) is 5.56 Å². The lowest BCUT2D eigenvalue weighted by molar-refractivity contribution is -0.123. The van der Waals surface area contributed by atoms with Crippen molar-refractivity contribution in [2.45, 2.75) is 0 Å². The highest BCUT2D eigenvalue weighted by molar-refractivity contribution is 9.10. The van der Waals surface area contributed by atoms with Crippen LogP contribution in [0.2, 0.25) is 0 Å². The summed E-state index contributed by atoms with van der Waals surface area (Å²) in [7, 11) is 1.50. The molecule has 3 N–H and O–H groups in total. The number of hydrogen-bond donors (Lipinski definition) is 3. The third-order valence-electron chi connectivity index (χ3n) is 2.95. The summed E-state index contributed by atoms with van der Waals surface area (Å²) >= 11 is 6.41. The minimum absolute atomic E-state index is 0.250. The van der Waals surface area contributed by atoms with Gasteiger partial charge in [-0.2, -0.15) is 5.10 Å². The summed E-state index contributed by atoms with van der Waals surface area (Å²) < 4.78 is 11.7. The molecule has 25 heavy (non-hydrogen) atoms. The van der Waals surface area contributed by atoms with Gasteiger partial charge in [-0.05, 0) is 51.8 Å². The number of hydrazone groups is 1. The summed E-state index contributed by atoms with van der Waals surface area (Å²) in [4.78, 5) is 11.8. The fourth-order valence-electron chi connectivity index (χ4n) is 1.79. The average molecular weight is 474 g/mol. The first-order valence-electron chi connectivity index (χ1n) is 6.90. The molecule has 0 unspecified atom stereocenters. The standard InChI is InChI=1S/C16H14Br2N2O5/c1-24-14-6-10(17)2-3-13(14)25-8-15(22)20-19-7-9-4-11(18)16(23)12(21)5-9/h2-7,21,23H,8H2,1H3,(H,20,22)/b19-7+. The quantitative estimate of drug-likeness (QED) is 0.340. The van der Waals surface area contributed by atoms with Gasteiger partial charge in [-0.1, -0.05) is 15.9 Å². The summed E-state index contributed by atoms with van der Waals surface area (Å²) in [6.45, 7) is -0.250. The molecule has 0 aliphatic heterocycles. The number of carbonyl (C=O) groups is 1. The Kier molecular flexibility index (Phi) is 6.65. The highest BCUT2D eigenvalue weighted by atomic mass is 79.9. The summed E-state index contributed by atoms with van der Waals surface area (Å²) in [5, 5.41) is 22.7. The van der Waals surface area contributed by atoms with E-state index in [-0.39, 0.29) is 18.1 Å². The molecule has 9 heteroatoms. The number of hydrogen-bond acceptors (Lipinski definition) is 6. The fraction of sp³-hybridized carbons (Fsp3) is 0.125. The van der Waals surface area contributed by atoms with Gasteiger partial charge in [0.05, 0.1) is 17.8 Å². The molecule has 0 heterocycles. The summed E-state index contributed by atoms with van der Waals surface area (Å²) in [6, 6.07) is 8.01. The first kappa shape index (κ1) is 19.1. The van der Waals surface area contributed by atoms with Crippen molar-refractivity contribution in [3.05, 3.63) is 44.8 Å². The maximum absolute atomic E-state index is 11.8. The van der Waals surface area contributed by atoms with Gasteiger partial charge in [0.1, 0.15) is 0 Å². The Morgan fingerprint density at radius 3 is 2.68 bits per heavy atom. The van der Waals surface area contributed by atoms with E-state index in [1.165, 1.54) is 25.5 Å². The molecule has 0 aromatic heterocycles. The maximum atomic E-state index is 11.8. The second kappa shape index (κ2) is 8.72. The zero-order valence-corrected chi connectivity index (χ0v) is 16.2. The number of ether oxygens (including phenoxy) is 2. The van der Waals surface area contributed by atoms with Crippen molar-refractivity contribution >= 4 is 44.0 Å². The van der Waals surface area contributed by atoms with E-state index in [0.717, 1.165) is 4.47 Å². The molecule has 132 valence electrons. The zero-order chi connectivity index (χ0) is 18.4. The molecule has 0 radical (unpaired) electrons. The Bertz CT molecular complexity index is 788. The van der Waals surface area contributed by atoms with Crippen LogP contribution in [0, 0.1) is 0 Å². The van der Waals surface area contributed by atoms with Gasteiger partial charge in [-0.15, -0.1) is 0 Å². The molecule has 7 nitrogen and oxygen atoms in total. The number of phenols is 2. The van der Waals surface area contributed by atoms with Gasteiger partial charge in [0.15, 0.2) is 29.6 Å². The Labute approximate surface area is 160 Å². The third kappa shape index (κ3) is 5.36. The van der Waals surface area contributed by atoms with Gasteiger partial charge in [0.25, 0.3) is 5.91 Å². The van der Waals surface area contributed by atoms with Gasteiger partial charge in [0, 0.05) is 4.47 Å². The Morgan fingerprint density at radius 2 is 2.00 bits per heavy atom. The van der Waals surface area contributed by atoms with E-state index in [0.29, 0.717) is 21.5 Å². The van der Waals surface area contributed by atoms with Crippen LogP contribution in [0.25, 0.3) is 0 Å². The van der Waals surface area contributed by atoms with Crippen LogP contribution >= 0.6 is 31.9 Å². The molecule has 0 spiro atoms. The molecule has 0 saturated carbocycles. The Balaban J connectivity index is 1.91. The largest absolute Gasteiger partial charge is 0.504 e. The van der Waals surface area contributed by atoms with Gasteiger partial charge >= 0.3 is 0 Å². The first-order chi connectivity index (χ1) is 11.9. The van der Waals surface area contributed by atoms with Gasteiger partial charge < -0.3 is 19.7 Å². The van der Waals surface area contributed by atoms with Crippen molar-refractivity contribution < 1.29 is 24.5 Å². The van der Waals surface area contributed by atoms with E-state index < -0.39 is 5.91 Å². The predicted octanol–water partition coefficient (Wildman–Crippen LogP) is 3.16. The van der Waals surface area contributed by atoms with Crippen molar-refractivity contribution in [1.82, 2.24) is 5.43 Å². The SMILES string of the molecule is COc1cc(Br)ccc1OCC(=O)N/N=C/c1cc(O)c(O)c(Br)c1. The second-order valence-electron chi connectivity index (χ2n) is 4.75. The molecule has 2 rings (SSSR count). The molecule has 1 amide bonds. The molecular weight excluding hydrogens is 460 g/mol. The minimum Gasteiger partial charge on any atom is -0.504 e. The fourth-order valence-corrected chi connectivity index (χ4v) is 2.60. The number of halogens is 2. The monoisotopic (exact) mass is 472 g/mol. The van der Waals surface area contributed by atoms with Crippen LogP contribution in [0.3, 0.4) is 0 Å². The molecule has 0 saturated heterocycles. The van der Waals surface area contributed by atoms with Crippen molar-refractivity contribution in [3.8, 4) is 23.0 Å². The number of nitrogens with one attached hydrogen (secondary N) is 1. The van der Waals surface area contributed by atoms with Gasteiger partial charge in [-0.25, -0.2) is 5.43 Å². The maximum Gasteiger partial charge on any atom is 0.277 e. The number of nitrogens with zero attached hydrogens (tertiary/aromatic N) is 1. The molecule has 2 aromatic rings. The van der Waals surface area contributed by atoms with E-state index in [4.69, 9.17) is 9.47 Å². The predicted molar refractivity (Wildman–Crippen MR) is 99.4 cm³/mol. The molecule has 0 atom stereocenters. The van der Waals surface area contributed by atoms with E-state index in [1.807, 2.05) is 0 Å².